The number of piperazine rings is 1. The van der Waals surface area contributed by atoms with Crippen molar-refractivity contribution in [2.45, 2.75) is 26.4 Å². The predicted octanol–water partition coefficient (Wildman–Crippen LogP) is 2.27. The van der Waals surface area contributed by atoms with Gasteiger partial charge in [0.05, 0.1) is 11.2 Å². The summed E-state index contributed by atoms with van der Waals surface area (Å²) in [6.07, 6.45) is 0. The molecule has 1 aliphatic rings. The molecule has 2 rings (SSSR count). The molecule has 1 heterocycles. The molecule has 1 aromatic rings. The first-order valence-electron chi connectivity index (χ1n) is 7.96. The number of rotatable bonds is 5. The Labute approximate surface area is 142 Å². The Morgan fingerprint density at radius 3 is 2.52 bits per heavy atom. The fourth-order valence-corrected chi connectivity index (χ4v) is 2.66. The second kappa shape index (κ2) is 7.51. The number of ether oxygens (including phenoxy) is 1. The Hall–Kier alpha value is -1.30. The molecule has 6 heteroatoms. The molecule has 0 unspecified atom stereocenters. The molecule has 23 heavy (non-hydrogen) atoms. The van der Waals surface area contributed by atoms with Crippen molar-refractivity contribution in [2.75, 3.05) is 39.3 Å². The fourth-order valence-electron chi connectivity index (χ4n) is 2.49. The van der Waals surface area contributed by atoms with Crippen LogP contribution in [0.2, 0.25) is 5.02 Å². The standard InChI is InChI=1S/C17H25ClN2O3/c1-4-19-7-9-20(10-8-19)16(21)14-11-13(18)5-6-15(14)23-12-17(2,3)22/h5-6,11,22H,4,7-10,12H2,1-3H3. The lowest BCUT2D eigenvalue weighted by molar-refractivity contribution is 0.0275. The van der Waals surface area contributed by atoms with E-state index in [0.717, 1.165) is 19.6 Å². The molecule has 0 spiro atoms. The summed E-state index contributed by atoms with van der Waals surface area (Å²) in [4.78, 5) is 16.9. The average Bonchev–Trinajstić information content (AvgIpc) is 2.52. The number of halogens is 1. The molecule has 1 amide bonds. The van der Waals surface area contributed by atoms with Gasteiger partial charge in [0.25, 0.3) is 5.91 Å². The minimum Gasteiger partial charge on any atom is -0.490 e. The van der Waals surface area contributed by atoms with Crippen LogP contribution in [-0.4, -0.2) is 65.7 Å². The van der Waals surface area contributed by atoms with E-state index in [1.807, 2.05) is 4.90 Å². The van der Waals surface area contributed by atoms with Crippen LogP contribution >= 0.6 is 11.6 Å². The van der Waals surface area contributed by atoms with Crippen LogP contribution in [0.25, 0.3) is 0 Å². The number of carbonyl (C=O) groups excluding carboxylic acids is 1. The molecule has 0 aliphatic carbocycles. The van der Waals surface area contributed by atoms with E-state index in [9.17, 15) is 9.90 Å². The SMILES string of the molecule is CCN1CCN(C(=O)c2cc(Cl)ccc2OCC(C)(C)O)CC1. The van der Waals surface area contributed by atoms with E-state index in [0.29, 0.717) is 29.4 Å². The highest BCUT2D eigenvalue weighted by Gasteiger charge is 2.25. The number of nitrogens with zero attached hydrogens (tertiary/aromatic N) is 2. The molecule has 0 radical (unpaired) electrons. The maximum atomic E-state index is 12.8. The monoisotopic (exact) mass is 340 g/mol. The lowest BCUT2D eigenvalue weighted by Crippen LogP contribution is -2.48. The van der Waals surface area contributed by atoms with Crippen LogP contribution in [0.1, 0.15) is 31.1 Å². The number of hydrogen-bond donors (Lipinski definition) is 1. The summed E-state index contributed by atoms with van der Waals surface area (Å²) in [5.74, 6) is 0.383. The van der Waals surface area contributed by atoms with E-state index in [4.69, 9.17) is 16.3 Å². The van der Waals surface area contributed by atoms with Crippen molar-refractivity contribution in [1.29, 1.82) is 0 Å². The van der Waals surface area contributed by atoms with Gasteiger partial charge in [0.15, 0.2) is 0 Å². The quantitative estimate of drug-likeness (QED) is 0.893. The number of carbonyl (C=O) groups is 1. The van der Waals surface area contributed by atoms with Crippen LogP contribution in [0.4, 0.5) is 0 Å². The van der Waals surface area contributed by atoms with Crippen LogP contribution in [0.5, 0.6) is 5.75 Å². The zero-order valence-corrected chi connectivity index (χ0v) is 14.8. The van der Waals surface area contributed by atoms with E-state index >= 15 is 0 Å². The maximum Gasteiger partial charge on any atom is 0.257 e. The first-order chi connectivity index (χ1) is 10.8. The predicted molar refractivity (Wildman–Crippen MR) is 91.3 cm³/mol. The van der Waals surface area contributed by atoms with Crippen LogP contribution in [0, 0.1) is 0 Å². The fraction of sp³-hybridized carbons (Fsp3) is 0.588. The largest absolute Gasteiger partial charge is 0.490 e. The van der Waals surface area contributed by atoms with E-state index in [-0.39, 0.29) is 12.5 Å². The number of aliphatic hydroxyl groups is 1. The summed E-state index contributed by atoms with van der Waals surface area (Å²) < 4.78 is 5.64. The topological polar surface area (TPSA) is 53.0 Å². The van der Waals surface area contributed by atoms with E-state index in [1.165, 1.54) is 0 Å². The van der Waals surface area contributed by atoms with Crippen LogP contribution in [0.15, 0.2) is 18.2 Å². The summed E-state index contributed by atoms with van der Waals surface area (Å²) in [7, 11) is 0. The summed E-state index contributed by atoms with van der Waals surface area (Å²) in [5, 5.41) is 10.3. The number of benzene rings is 1. The van der Waals surface area contributed by atoms with Crippen LogP contribution in [0.3, 0.4) is 0 Å². The van der Waals surface area contributed by atoms with Gasteiger partial charge in [0.2, 0.25) is 0 Å². The third kappa shape index (κ3) is 5.09. The smallest absolute Gasteiger partial charge is 0.257 e. The molecule has 0 bridgehead atoms. The Kier molecular flexibility index (Phi) is 5.89. The summed E-state index contributed by atoms with van der Waals surface area (Å²) in [6, 6.07) is 5.01. The highest BCUT2D eigenvalue weighted by Crippen LogP contribution is 2.25. The molecule has 1 saturated heterocycles. The zero-order valence-electron chi connectivity index (χ0n) is 14.0. The number of likely N-dealkylation sites (N-methyl/N-ethyl adjacent to an activating group) is 1. The van der Waals surface area contributed by atoms with Crippen molar-refractivity contribution in [3.05, 3.63) is 28.8 Å². The van der Waals surface area contributed by atoms with Gasteiger partial charge in [-0.25, -0.2) is 0 Å². The van der Waals surface area contributed by atoms with Crippen molar-refractivity contribution < 1.29 is 14.6 Å². The summed E-state index contributed by atoms with van der Waals surface area (Å²) >= 11 is 6.05. The second-order valence-corrected chi connectivity index (χ2v) is 6.90. The molecule has 0 aromatic heterocycles. The van der Waals surface area contributed by atoms with Gasteiger partial charge < -0.3 is 19.6 Å². The third-order valence-corrected chi connectivity index (χ3v) is 4.09. The number of amides is 1. The van der Waals surface area contributed by atoms with E-state index in [2.05, 4.69) is 11.8 Å². The first kappa shape index (κ1) is 18.0. The van der Waals surface area contributed by atoms with E-state index in [1.54, 1.807) is 32.0 Å². The molecule has 0 atom stereocenters. The van der Waals surface area contributed by atoms with Crippen molar-refractivity contribution in [3.8, 4) is 5.75 Å². The van der Waals surface area contributed by atoms with Crippen LogP contribution in [-0.2, 0) is 0 Å². The van der Waals surface area contributed by atoms with E-state index < -0.39 is 5.60 Å². The minimum absolute atomic E-state index is 0.0750. The molecule has 0 saturated carbocycles. The maximum absolute atomic E-state index is 12.8. The van der Waals surface area contributed by atoms with Crippen molar-refractivity contribution in [3.63, 3.8) is 0 Å². The van der Waals surface area contributed by atoms with Gasteiger partial charge >= 0.3 is 0 Å². The van der Waals surface area contributed by atoms with Crippen molar-refractivity contribution >= 4 is 17.5 Å². The Balaban J connectivity index is 2.14. The Morgan fingerprint density at radius 2 is 1.96 bits per heavy atom. The molecular weight excluding hydrogens is 316 g/mol. The Morgan fingerprint density at radius 1 is 1.30 bits per heavy atom. The zero-order chi connectivity index (χ0) is 17.0. The van der Waals surface area contributed by atoms with Gasteiger partial charge in [-0.2, -0.15) is 0 Å². The number of hydrogen-bond acceptors (Lipinski definition) is 4. The Bertz CT molecular complexity index is 549. The average molecular weight is 341 g/mol. The van der Waals surface area contributed by atoms with Gasteiger partial charge in [-0.1, -0.05) is 18.5 Å². The molecule has 5 nitrogen and oxygen atoms in total. The molecule has 1 aliphatic heterocycles. The molecule has 1 aromatic carbocycles. The molecule has 128 valence electrons. The van der Waals surface area contributed by atoms with Gasteiger partial charge in [-0.15, -0.1) is 0 Å². The summed E-state index contributed by atoms with van der Waals surface area (Å²) in [5.41, 5.74) is -0.515. The molecule has 1 N–H and O–H groups in total. The highest BCUT2D eigenvalue weighted by atomic mass is 35.5. The summed E-state index contributed by atoms with van der Waals surface area (Å²) in [6.45, 7) is 9.71. The normalized spacial score (nSPS) is 16.5. The molecular formula is C17H25ClN2O3. The van der Waals surface area contributed by atoms with Crippen LogP contribution < -0.4 is 4.74 Å². The third-order valence-electron chi connectivity index (χ3n) is 3.86. The van der Waals surface area contributed by atoms with Gasteiger partial charge in [0, 0.05) is 31.2 Å². The second-order valence-electron chi connectivity index (χ2n) is 6.47. The van der Waals surface area contributed by atoms with Crippen molar-refractivity contribution in [2.24, 2.45) is 0 Å². The minimum atomic E-state index is -0.966. The van der Waals surface area contributed by atoms with Crippen molar-refractivity contribution in [1.82, 2.24) is 9.80 Å². The lowest BCUT2D eigenvalue weighted by Gasteiger charge is -2.34. The van der Waals surface area contributed by atoms with Gasteiger partial charge in [0.1, 0.15) is 12.4 Å². The first-order valence-corrected chi connectivity index (χ1v) is 8.34. The lowest BCUT2D eigenvalue weighted by atomic mass is 10.1. The van der Waals surface area contributed by atoms with Gasteiger partial charge in [-0.3, -0.25) is 4.79 Å². The van der Waals surface area contributed by atoms with Gasteiger partial charge in [-0.05, 0) is 38.6 Å². The molecule has 1 fully saturated rings. The highest BCUT2D eigenvalue weighted by molar-refractivity contribution is 6.31.